The summed E-state index contributed by atoms with van der Waals surface area (Å²) < 4.78 is 7.70. The van der Waals surface area contributed by atoms with E-state index in [1.54, 1.807) is 6.20 Å². The largest absolute Gasteiger partial charge is 0.373 e. The van der Waals surface area contributed by atoms with Gasteiger partial charge in [-0.25, -0.2) is 9.50 Å². The highest BCUT2D eigenvalue weighted by Crippen LogP contribution is 2.24. The molecule has 2 unspecified atom stereocenters. The number of morpholine rings is 1. The van der Waals surface area contributed by atoms with E-state index in [9.17, 15) is 0 Å². The molecule has 0 amide bonds. The number of hydrogen-bond donors (Lipinski definition) is 0. The number of fused-ring (bicyclic) bond motifs is 1. The standard InChI is InChI=1S/C18H27N5O/c1-14-11-21(12-15(2)24-14)13-16-5-8-22(9-6-16)18-4-3-17-19-7-10-23(17)20-18/h3-4,7,10,14-16H,5-6,8-9,11-13H2,1-2H3. The molecule has 0 radical (unpaired) electrons. The first-order valence-corrected chi connectivity index (χ1v) is 9.10. The van der Waals surface area contributed by atoms with Gasteiger partial charge in [-0.2, -0.15) is 0 Å². The fraction of sp³-hybridized carbons (Fsp3) is 0.667. The number of aromatic nitrogens is 3. The normalized spacial score (nSPS) is 27.0. The summed E-state index contributed by atoms with van der Waals surface area (Å²) >= 11 is 0. The summed E-state index contributed by atoms with van der Waals surface area (Å²) in [4.78, 5) is 9.26. The highest BCUT2D eigenvalue weighted by molar-refractivity contribution is 5.45. The molecular formula is C18H27N5O. The summed E-state index contributed by atoms with van der Waals surface area (Å²) in [6.45, 7) is 9.90. The van der Waals surface area contributed by atoms with E-state index in [1.165, 1.54) is 19.4 Å². The Hall–Kier alpha value is -1.66. The summed E-state index contributed by atoms with van der Waals surface area (Å²) in [6, 6.07) is 4.14. The smallest absolute Gasteiger partial charge is 0.153 e. The Labute approximate surface area is 143 Å². The van der Waals surface area contributed by atoms with Crippen molar-refractivity contribution in [2.75, 3.05) is 37.6 Å². The maximum atomic E-state index is 5.84. The van der Waals surface area contributed by atoms with E-state index in [-0.39, 0.29) is 0 Å². The van der Waals surface area contributed by atoms with Crippen molar-refractivity contribution < 1.29 is 4.74 Å². The van der Waals surface area contributed by atoms with E-state index >= 15 is 0 Å². The molecule has 24 heavy (non-hydrogen) atoms. The van der Waals surface area contributed by atoms with Gasteiger partial charge in [-0.3, -0.25) is 4.90 Å². The second-order valence-electron chi connectivity index (χ2n) is 7.33. The van der Waals surface area contributed by atoms with Crippen LogP contribution in [0.5, 0.6) is 0 Å². The van der Waals surface area contributed by atoms with Gasteiger partial charge in [-0.15, -0.1) is 5.10 Å². The number of piperidine rings is 1. The first kappa shape index (κ1) is 15.8. The van der Waals surface area contributed by atoms with E-state index in [2.05, 4.69) is 39.8 Å². The highest BCUT2D eigenvalue weighted by Gasteiger charge is 2.27. The second kappa shape index (κ2) is 6.69. The maximum absolute atomic E-state index is 5.84. The molecule has 4 rings (SSSR count). The van der Waals surface area contributed by atoms with Crippen LogP contribution in [-0.4, -0.2) is 64.4 Å². The van der Waals surface area contributed by atoms with Crippen molar-refractivity contribution in [1.82, 2.24) is 19.5 Å². The third-order valence-corrected chi connectivity index (χ3v) is 5.19. The van der Waals surface area contributed by atoms with Crippen molar-refractivity contribution in [2.24, 2.45) is 5.92 Å². The number of nitrogens with zero attached hydrogens (tertiary/aromatic N) is 5. The molecule has 4 heterocycles. The Morgan fingerprint density at radius 1 is 1.12 bits per heavy atom. The zero-order valence-electron chi connectivity index (χ0n) is 14.6. The average molecular weight is 329 g/mol. The lowest BCUT2D eigenvalue weighted by atomic mass is 9.95. The number of rotatable bonds is 3. The van der Waals surface area contributed by atoms with E-state index in [0.29, 0.717) is 12.2 Å². The van der Waals surface area contributed by atoms with Crippen LogP contribution in [0.2, 0.25) is 0 Å². The molecule has 0 bridgehead atoms. The van der Waals surface area contributed by atoms with Gasteiger partial charge in [0.1, 0.15) is 5.82 Å². The lowest BCUT2D eigenvalue weighted by molar-refractivity contribution is -0.0720. The molecule has 6 nitrogen and oxygen atoms in total. The van der Waals surface area contributed by atoms with Crippen molar-refractivity contribution >= 4 is 11.5 Å². The summed E-state index contributed by atoms with van der Waals surface area (Å²) in [5.41, 5.74) is 0.907. The van der Waals surface area contributed by atoms with Gasteiger partial charge in [-0.05, 0) is 44.7 Å². The zero-order valence-corrected chi connectivity index (χ0v) is 14.6. The monoisotopic (exact) mass is 329 g/mol. The lowest BCUT2D eigenvalue weighted by Crippen LogP contribution is -2.48. The van der Waals surface area contributed by atoms with Gasteiger partial charge in [0.15, 0.2) is 5.65 Å². The number of anilines is 1. The molecule has 0 N–H and O–H groups in total. The minimum Gasteiger partial charge on any atom is -0.373 e. The molecule has 0 saturated carbocycles. The molecule has 2 aliphatic heterocycles. The Morgan fingerprint density at radius 2 is 1.88 bits per heavy atom. The molecule has 2 atom stereocenters. The van der Waals surface area contributed by atoms with Crippen LogP contribution >= 0.6 is 0 Å². The fourth-order valence-corrected chi connectivity index (χ4v) is 4.12. The fourth-order valence-electron chi connectivity index (χ4n) is 4.12. The average Bonchev–Trinajstić information content (AvgIpc) is 3.02. The summed E-state index contributed by atoms with van der Waals surface area (Å²) in [5.74, 6) is 1.85. The number of hydrogen-bond acceptors (Lipinski definition) is 5. The van der Waals surface area contributed by atoms with Crippen LogP contribution in [0.4, 0.5) is 5.82 Å². The van der Waals surface area contributed by atoms with Crippen molar-refractivity contribution in [1.29, 1.82) is 0 Å². The molecule has 2 fully saturated rings. The molecule has 0 spiro atoms. The minimum absolute atomic E-state index is 0.361. The van der Waals surface area contributed by atoms with Crippen molar-refractivity contribution in [2.45, 2.75) is 38.9 Å². The number of ether oxygens (including phenoxy) is 1. The van der Waals surface area contributed by atoms with Gasteiger partial charge in [0.2, 0.25) is 0 Å². The van der Waals surface area contributed by atoms with Crippen molar-refractivity contribution in [3.05, 3.63) is 24.5 Å². The van der Waals surface area contributed by atoms with Crippen molar-refractivity contribution in [3.63, 3.8) is 0 Å². The van der Waals surface area contributed by atoms with Crippen LogP contribution in [0.3, 0.4) is 0 Å². The number of imidazole rings is 1. The SMILES string of the molecule is CC1CN(CC2CCN(c3ccc4nccn4n3)CC2)CC(C)O1. The van der Waals surface area contributed by atoms with Crippen LogP contribution in [0.25, 0.3) is 5.65 Å². The predicted octanol–water partition coefficient (Wildman–Crippen LogP) is 2.05. The molecule has 130 valence electrons. The molecule has 6 heteroatoms. The molecule has 0 aliphatic carbocycles. The maximum Gasteiger partial charge on any atom is 0.153 e. The van der Waals surface area contributed by atoms with Crippen LogP contribution in [0.1, 0.15) is 26.7 Å². The first-order chi connectivity index (χ1) is 11.7. The van der Waals surface area contributed by atoms with E-state index in [1.807, 2.05) is 16.8 Å². The minimum atomic E-state index is 0.361. The molecule has 0 aromatic carbocycles. The van der Waals surface area contributed by atoms with E-state index in [4.69, 9.17) is 4.74 Å². The van der Waals surface area contributed by atoms with Crippen LogP contribution in [0, 0.1) is 5.92 Å². The lowest BCUT2D eigenvalue weighted by Gasteiger charge is -2.39. The molecular weight excluding hydrogens is 302 g/mol. The van der Waals surface area contributed by atoms with Gasteiger partial charge in [0.05, 0.1) is 12.2 Å². The van der Waals surface area contributed by atoms with Crippen LogP contribution in [0.15, 0.2) is 24.5 Å². The Morgan fingerprint density at radius 3 is 2.62 bits per heavy atom. The van der Waals surface area contributed by atoms with Crippen molar-refractivity contribution in [3.8, 4) is 0 Å². The van der Waals surface area contributed by atoms with Gasteiger partial charge >= 0.3 is 0 Å². The quantitative estimate of drug-likeness (QED) is 0.862. The van der Waals surface area contributed by atoms with Crippen LogP contribution < -0.4 is 4.90 Å². The summed E-state index contributed by atoms with van der Waals surface area (Å²) in [5, 5.41) is 4.67. The highest BCUT2D eigenvalue weighted by atomic mass is 16.5. The van der Waals surface area contributed by atoms with Gasteiger partial charge in [-0.1, -0.05) is 0 Å². The van der Waals surface area contributed by atoms with Gasteiger partial charge < -0.3 is 9.64 Å². The van der Waals surface area contributed by atoms with E-state index < -0.39 is 0 Å². The third kappa shape index (κ3) is 3.39. The molecule has 2 saturated heterocycles. The first-order valence-electron chi connectivity index (χ1n) is 9.10. The Balaban J connectivity index is 1.33. The molecule has 2 aromatic rings. The summed E-state index contributed by atoms with van der Waals surface area (Å²) in [6.07, 6.45) is 6.91. The third-order valence-electron chi connectivity index (χ3n) is 5.19. The van der Waals surface area contributed by atoms with Gasteiger partial charge in [0, 0.05) is 45.1 Å². The Kier molecular flexibility index (Phi) is 4.41. The topological polar surface area (TPSA) is 45.9 Å². The summed E-state index contributed by atoms with van der Waals surface area (Å²) in [7, 11) is 0. The second-order valence-corrected chi connectivity index (χ2v) is 7.33. The van der Waals surface area contributed by atoms with Crippen LogP contribution in [-0.2, 0) is 4.74 Å². The molecule has 2 aromatic heterocycles. The van der Waals surface area contributed by atoms with Gasteiger partial charge in [0.25, 0.3) is 0 Å². The Bertz CT molecular complexity index is 669. The molecule has 2 aliphatic rings. The van der Waals surface area contributed by atoms with E-state index in [0.717, 1.165) is 43.6 Å². The predicted molar refractivity (Wildman–Crippen MR) is 94.4 cm³/mol. The zero-order chi connectivity index (χ0) is 16.5.